The Labute approximate surface area is 176 Å². The molecule has 1 aromatic carbocycles. The van der Waals surface area contributed by atoms with Crippen LogP contribution in [0, 0.1) is 0 Å². The molecule has 0 bridgehead atoms. The summed E-state index contributed by atoms with van der Waals surface area (Å²) in [7, 11) is 2.75. The van der Waals surface area contributed by atoms with Gasteiger partial charge in [0.25, 0.3) is 0 Å². The molecule has 7 heteroatoms. The van der Waals surface area contributed by atoms with Crippen molar-refractivity contribution < 1.29 is 33.7 Å². The molecule has 0 saturated heterocycles. The van der Waals surface area contributed by atoms with Gasteiger partial charge >= 0.3 is 5.97 Å². The van der Waals surface area contributed by atoms with Crippen LogP contribution in [0.15, 0.2) is 30.1 Å². The fraction of sp³-hybridized carbons (Fsp3) is 0.435. The summed E-state index contributed by atoms with van der Waals surface area (Å²) < 4.78 is 15.5. The molecule has 0 fully saturated rings. The molecule has 1 atom stereocenters. The van der Waals surface area contributed by atoms with E-state index < -0.39 is 17.7 Å². The minimum Gasteiger partial charge on any atom is -0.496 e. The van der Waals surface area contributed by atoms with Crippen molar-refractivity contribution in [3.05, 3.63) is 52.3 Å². The average molecular weight is 416 g/mol. The summed E-state index contributed by atoms with van der Waals surface area (Å²) in [6.45, 7) is 3.47. The second-order valence-corrected chi connectivity index (χ2v) is 6.95. The number of aliphatic hydroxyl groups is 1. The fourth-order valence-electron chi connectivity index (χ4n) is 3.42. The van der Waals surface area contributed by atoms with Gasteiger partial charge in [0, 0.05) is 24.1 Å². The largest absolute Gasteiger partial charge is 0.496 e. The van der Waals surface area contributed by atoms with Gasteiger partial charge in [0.2, 0.25) is 5.78 Å². The molecule has 7 nitrogen and oxygen atoms in total. The van der Waals surface area contributed by atoms with E-state index in [9.17, 15) is 19.5 Å². The SMILES string of the molecule is CCCCC(O)c1c(C/C=C/COC(C)=O)cc2c(c1OC)C(=O)C=C(OC)C2=O. The highest BCUT2D eigenvalue weighted by Crippen LogP contribution is 2.40. The van der Waals surface area contributed by atoms with Crippen LogP contribution in [0.3, 0.4) is 0 Å². The molecule has 0 saturated carbocycles. The van der Waals surface area contributed by atoms with Crippen LogP contribution in [-0.2, 0) is 20.7 Å². The Kier molecular flexibility index (Phi) is 8.35. The highest BCUT2D eigenvalue weighted by molar-refractivity contribution is 6.25. The van der Waals surface area contributed by atoms with Crippen molar-refractivity contribution in [1.29, 1.82) is 0 Å². The molecule has 1 aliphatic rings. The maximum atomic E-state index is 12.8. The standard InChI is InChI=1S/C23H28O7/c1-5-6-10-17(25)20-15(9-7-8-11-30-14(2)24)12-16-21(23(20)29-4)18(26)13-19(28-3)22(16)27/h7-8,12-13,17,25H,5-6,9-11H2,1-4H3/b8-7+. The third-order valence-electron chi connectivity index (χ3n) is 4.86. The van der Waals surface area contributed by atoms with Gasteiger partial charge in [0.1, 0.15) is 12.4 Å². The lowest BCUT2D eigenvalue weighted by Gasteiger charge is -2.24. The topological polar surface area (TPSA) is 99.1 Å². The van der Waals surface area contributed by atoms with E-state index in [0.29, 0.717) is 24.0 Å². The van der Waals surface area contributed by atoms with Gasteiger partial charge in [-0.3, -0.25) is 14.4 Å². The van der Waals surface area contributed by atoms with Crippen LogP contribution in [0.5, 0.6) is 5.75 Å². The summed E-state index contributed by atoms with van der Waals surface area (Å²) in [5.41, 5.74) is 1.48. The van der Waals surface area contributed by atoms with Gasteiger partial charge in [-0.2, -0.15) is 0 Å². The summed E-state index contributed by atoms with van der Waals surface area (Å²) in [5, 5.41) is 10.9. The molecule has 0 amide bonds. The number of Topliss-reactive ketones (excluding diaryl/α,β-unsaturated/α-hetero) is 1. The van der Waals surface area contributed by atoms with Crippen LogP contribution in [-0.4, -0.2) is 43.5 Å². The molecular formula is C23H28O7. The lowest BCUT2D eigenvalue weighted by molar-refractivity contribution is -0.139. The first-order valence-electron chi connectivity index (χ1n) is 9.90. The molecule has 1 N–H and O–H groups in total. The summed E-state index contributed by atoms with van der Waals surface area (Å²) in [6, 6.07) is 1.62. The number of esters is 1. The lowest BCUT2D eigenvalue weighted by Crippen LogP contribution is -2.21. The number of ketones is 2. The maximum Gasteiger partial charge on any atom is 0.302 e. The molecule has 0 heterocycles. The first-order chi connectivity index (χ1) is 14.3. The Morgan fingerprint density at radius 2 is 1.93 bits per heavy atom. The number of hydrogen-bond donors (Lipinski definition) is 1. The van der Waals surface area contributed by atoms with Crippen molar-refractivity contribution in [2.75, 3.05) is 20.8 Å². The van der Waals surface area contributed by atoms with E-state index in [1.165, 1.54) is 21.1 Å². The number of methoxy groups -OCH3 is 2. The van der Waals surface area contributed by atoms with E-state index in [1.54, 1.807) is 18.2 Å². The van der Waals surface area contributed by atoms with Crippen molar-refractivity contribution in [1.82, 2.24) is 0 Å². The van der Waals surface area contributed by atoms with Crippen molar-refractivity contribution in [2.45, 2.75) is 45.6 Å². The van der Waals surface area contributed by atoms with Gasteiger partial charge in [-0.25, -0.2) is 0 Å². The Bertz CT molecular complexity index is 880. The van der Waals surface area contributed by atoms with Gasteiger partial charge in [-0.1, -0.05) is 31.9 Å². The summed E-state index contributed by atoms with van der Waals surface area (Å²) in [5.74, 6) is -1.02. The van der Waals surface area contributed by atoms with Gasteiger partial charge < -0.3 is 19.3 Å². The zero-order valence-electron chi connectivity index (χ0n) is 17.8. The number of carbonyl (C=O) groups excluding carboxylic acids is 3. The number of aliphatic hydroxyl groups excluding tert-OH is 1. The number of ether oxygens (including phenoxy) is 3. The third kappa shape index (κ3) is 5.16. The Morgan fingerprint density at radius 1 is 1.20 bits per heavy atom. The molecule has 1 aliphatic carbocycles. The molecular weight excluding hydrogens is 388 g/mol. The molecule has 0 radical (unpaired) electrons. The van der Waals surface area contributed by atoms with Crippen LogP contribution in [0.4, 0.5) is 0 Å². The van der Waals surface area contributed by atoms with Gasteiger partial charge in [0.05, 0.1) is 25.9 Å². The number of unbranched alkanes of at least 4 members (excludes halogenated alkanes) is 1. The van der Waals surface area contributed by atoms with Gasteiger partial charge in [-0.15, -0.1) is 0 Å². The van der Waals surface area contributed by atoms with E-state index in [4.69, 9.17) is 14.2 Å². The Balaban J connectivity index is 2.55. The average Bonchev–Trinajstić information content (AvgIpc) is 2.72. The van der Waals surface area contributed by atoms with E-state index in [1.807, 2.05) is 6.92 Å². The summed E-state index contributed by atoms with van der Waals surface area (Å²) >= 11 is 0. The maximum absolute atomic E-state index is 12.8. The van der Waals surface area contributed by atoms with Crippen LogP contribution in [0.1, 0.15) is 71.1 Å². The van der Waals surface area contributed by atoms with Crippen molar-refractivity contribution in [3.8, 4) is 5.75 Å². The van der Waals surface area contributed by atoms with E-state index >= 15 is 0 Å². The predicted molar refractivity (Wildman–Crippen MR) is 111 cm³/mol. The van der Waals surface area contributed by atoms with Crippen molar-refractivity contribution >= 4 is 17.5 Å². The minimum absolute atomic E-state index is 0.0369. The predicted octanol–water partition coefficient (Wildman–Crippen LogP) is 3.49. The first kappa shape index (κ1) is 23.3. The fourth-order valence-corrected chi connectivity index (χ4v) is 3.42. The van der Waals surface area contributed by atoms with Crippen LogP contribution < -0.4 is 4.74 Å². The number of hydrogen-bond acceptors (Lipinski definition) is 7. The monoisotopic (exact) mass is 416 g/mol. The quantitative estimate of drug-likeness (QED) is 0.460. The molecule has 162 valence electrons. The van der Waals surface area contributed by atoms with Gasteiger partial charge in [-0.05, 0) is 24.5 Å². The zero-order valence-corrected chi connectivity index (χ0v) is 17.8. The number of allylic oxidation sites excluding steroid dienone is 3. The molecule has 0 spiro atoms. The molecule has 0 aliphatic heterocycles. The highest BCUT2D eigenvalue weighted by atomic mass is 16.5. The number of benzene rings is 1. The Hall–Kier alpha value is -2.93. The third-order valence-corrected chi connectivity index (χ3v) is 4.86. The number of fused-ring (bicyclic) bond motifs is 1. The molecule has 30 heavy (non-hydrogen) atoms. The molecule has 2 rings (SSSR count). The second-order valence-electron chi connectivity index (χ2n) is 6.95. The number of carbonyl (C=O) groups is 3. The molecule has 1 aromatic rings. The molecule has 1 unspecified atom stereocenters. The van der Waals surface area contributed by atoms with Crippen LogP contribution in [0.25, 0.3) is 0 Å². The second kappa shape index (κ2) is 10.7. The zero-order chi connectivity index (χ0) is 22.3. The van der Waals surface area contributed by atoms with Crippen molar-refractivity contribution in [3.63, 3.8) is 0 Å². The minimum atomic E-state index is -0.849. The summed E-state index contributed by atoms with van der Waals surface area (Å²) in [6.07, 6.45) is 6.31. The van der Waals surface area contributed by atoms with Crippen molar-refractivity contribution in [2.24, 2.45) is 0 Å². The Morgan fingerprint density at radius 3 is 2.53 bits per heavy atom. The smallest absolute Gasteiger partial charge is 0.302 e. The summed E-state index contributed by atoms with van der Waals surface area (Å²) in [4.78, 5) is 36.4. The molecule has 0 aromatic heterocycles. The van der Waals surface area contributed by atoms with E-state index in [0.717, 1.165) is 18.9 Å². The van der Waals surface area contributed by atoms with E-state index in [-0.39, 0.29) is 35.2 Å². The lowest BCUT2D eigenvalue weighted by atomic mass is 9.84. The number of rotatable bonds is 10. The highest BCUT2D eigenvalue weighted by Gasteiger charge is 2.33. The van der Waals surface area contributed by atoms with Gasteiger partial charge in [0.15, 0.2) is 11.5 Å². The van der Waals surface area contributed by atoms with Crippen LogP contribution >= 0.6 is 0 Å². The first-order valence-corrected chi connectivity index (χ1v) is 9.90. The van der Waals surface area contributed by atoms with E-state index in [2.05, 4.69) is 0 Å². The normalized spacial score (nSPS) is 14.4. The van der Waals surface area contributed by atoms with Crippen LogP contribution in [0.2, 0.25) is 0 Å².